The molecule has 3 N–H and O–H groups in total. The molecule has 0 aliphatic heterocycles. The number of rotatable bonds is 5. The normalized spacial score (nSPS) is 9.70. The van der Waals surface area contributed by atoms with Gasteiger partial charge in [0, 0.05) is 13.0 Å². The Kier molecular flexibility index (Phi) is 6.66. The van der Waals surface area contributed by atoms with Gasteiger partial charge in [-0.3, -0.25) is 9.59 Å². The van der Waals surface area contributed by atoms with Gasteiger partial charge in [-0.2, -0.15) is 0 Å². The second-order valence-electron chi connectivity index (χ2n) is 4.16. The van der Waals surface area contributed by atoms with Crippen LogP contribution in [0.15, 0.2) is 24.3 Å². The molecule has 0 aliphatic carbocycles. The summed E-state index contributed by atoms with van der Waals surface area (Å²) >= 11 is 5.04. The van der Waals surface area contributed by atoms with Gasteiger partial charge in [-0.15, -0.1) is 0 Å². The summed E-state index contributed by atoms with van der Waals surface area (Å²) in [5.74, 6) is -0.338. The van der Waals surface area contributed by atoms with Crippen LogP contribution >= 0.6 is 12.2 Å². The largest absolute Gasteiger partial charge is 0.352 e. The summed E-state index contributed by atoms with van der Waals surface area (Å²) in [6.07, 6.45) is 1.22. The molecule has 0 atom stereocenters. The highest BCUT2D eigenvalue weighted by Crippen LogP contribution is 2.14. The summed E-state index contributed by atoms with van der Waals surface area (Å²) in [7, 11) is 0. The van der Waals surface area contributed by atoms with Gasteiger partial charge in [0.25, 0.3) is 5.91 Å². The van der Waals surface area contributed by atoms with E-state index in [9.17, 15) is 9.59 Å². The predicted molar refractivity (Wildman–Crippen MR) is 83.7 cm³/mol. The Morgan fingerprint density at radius 3 is 2.55 bits per heavy atom. The molecule has 5 nitrogen and oxygen atoms in total. The molecule has 0 heterocycles. The summed E-state index contributed by atoms with van der Waals surface area (Å²) in [4.78, 5) is 23.3. The van der Waals surface area contributed by atoms with Crippen molar-refractivity contribution in [1.82, 2.24) is 10.6 Å². The van der Waals surface area contributed by atoms with Crippen molar-refractivity contribution in [2.24, 2.45) is 0 Å². The fraction of sp³-hybridized carbons (Fsp3) is 0.357. The average molecular weight is 293 g/mol. The Hall–Kier alpha value is -1.95. The van der Waals surface area contributed by atoms with Crippen LogP contribution in [0.3, 0.4) is 0 Å². The quantitative estimate of drug-likeness (QED) is 0.727. The van der Waals surface area contributed by atoms with Crippen molar-refractivity contribution in [1.29, 1.82) is 0 Å². The van der Waals surface area contributed by atoms with Crippen molar-refractivity contribution in [2.75, 3.05) is 11.9 Å². The third-order valence-electron chi connectivity index (χ3n) is 2.53. The standard InChI is InChI=1S/C14H19N3O2S/c1-3-9-15-13(19)10-7-5-6-8-11(10)16-14(20)17-12(18)4-2/h5-8H,3-4,9H2,1-2H3,(H,15,19)(H2,16,17,18,20). The highest BCUT2D eigenvalue weighted by molar-refractivity contribution is 7.80. The van der Waals surface area contributed by atoms with E-state index in [0.717, 1.165) is 6.42 Å². The molecule has 0 aromatic heterocycles. The fourth-order valence-electron chi connectivity index (χ4n) is 1.49. The van der Waals surface area contributed by atoms with Gasteiger partial charge in [0.15, 0.2) is 5.11 Å². The lowest BCUT2D eigenvalue weighted by atomic mass is 10.1. The maximum absolute atomic E-state index is 12.0. The summed E-state index contributed by atoms with van der Waals surface area (Å²) in [5.41, 5.74) is 1.07. The summed E-state index contributed by atoms with van der Waals surface area (Å²) in [5, 5.41) is 8.40. The molecule has 20 heavy (non-hydrogen) atoms. The minimum absolute atomic E-state index is 0.167. The zero-order valence-corrected chi connectivity index (χ0v) is 12.5. The Morgan fingerprint density at radius 1 is 1.20 bits per heavy atom. The molecule has 0 fully saturated rings. The lowest BCUT2D eigenvalue weighted by Crippen LogP contribution is -2.34. The summed E-state index contributed by atoms with van der Waals surface area (Å²) < 4.78 is 0. The highest BCUT2D eigenvalue weighted by Gasteiger charge is 2.11. The number of hydrogen-bond acceptors (Lipinski definition) is 3. The third-order valence-corrected chi connectivity index (χ3v) is 2.73. The number of benzene rings is 1. The molecule has 0 saturated heterocycles. The van der Waals surface area contributed by atoms with E-state index in [0.29, 0.717) is 24.2 Å². The first-order valence-corrected chi connectivity index (χ1v) is 6.97. The van der Waals surface area contributed by atoms with E-state index in [-0.39, 0.29) is 16.9 Å². The van der Waals surface area contributed by atoms with Crippen LogP contribution in [-0.4, -0.2) is 23.5 Å². The van der Waals surface area contributed by atoms with Crippen molar-refractivity contribution in [3.05, 3.63) is 29.8 Å². The van der Waals surface area contributed by atoms with E-state index in [4.69, 9.17) is 12.2 Å². The van der Waals surface area contributed by atoms with Crippen LogP contribution in [0.5, 0.6) is 0 Å². The zero-order valence-electron chi connectivity index (χ0n) is 11.7. The van der Waals surface area contributed by atoms with Gasteiger partial charge in [-0.05, 0) is 30.8 Å². The molecule has 1 aromatic carbocycles. The van der Waals surface area contributed by atoms with E-state index in [2.05, 4.69) is 16.0 Å². The lowest BCUT2D eigenvalue weighted by Gasteiger charge is -2.13. The van der Waals surface area contributed by atoms with Crippen molar-refractivity contribution in [3.8, 4) is 0 Å². The third kappa shape index (κ3) is 4.97. The van der Waals surface area contributed by atoms with Gasteiger partial charge in [0.2, 0.25) is 5.91 Å². The van der Waals surface area contributed by atoms with Crippen molar-refractivity contribution in [3.63, 3.8) is 0 Å². The molecule has 0 radical (unpaired) electrons. The van der Waals surface area contributed by atoms with Gasteiger partial charge in [-0.25, -0.2) is 0 Å². The molecule has 0 unspecified atom stereocenters. The Morgan fingerprint density at radius 2 is 1.90 bits per heavy atom. The van der Waals surface area contributed by atoms with Gasteiger partial charge in [0.1, 0.15) is 0 Å². The maximum Gasteiger partial charge on any atom is 0.253 e. The van der Waals surface area contributed by atoms with Crippen LogP contribution in [0.1, 0.15) is 37.0 Å². The van der Waals surface area contributed by atoms with Crippen molar-refractivity contribution < 1.29 is 9.59 Å². The predicted octanol–water partition coefficient (Wildman–Crippen LogP) is 2.05. The van der Waals surface area contributed by atoms with E-state index in [1.807, 2.05) is 6.92 Å². The first-order valence-electron chi connectivity index (χ1n) is 6.56. The van der Waals surface area contributed by atoms with Gasteiger partial charge in [0.05, 0.1) is 11.3 Å². The molecule has 6 heteroatoms. The number of hydrogen-bond donors (Lipinski definition) is 3. The van der Waals surface area contributed by atoms with Crippen LogP contribution in [0.4, 0.5) is 5.69 Å². The smallest absolute Gasteiger partial charge is 0.253 e. The van der Waals surface area contributed by atoms with Crippen LogP contribution in [0, 0.1) is 0 Å². The number of carbonyl (C=O) groups excluding carboxylic acids is 2. The second-order valence-corrected chi connectivity index (χ2v) is 4.57. The van der Waals surface area contributed by atoms with Gasteiger partial charge >= 0.3 is 0 Å². The highest BCUT2D eigenvalue weighted by atomic mass is 32.1. The minimum Gasteiger partial charge on any atom is -0.352 e. The van der Waals surface area contributed by atoms with Gasteiger partial charge in [-0.1, -0.05) is 26.0 Å². The fourth-order valence-corrected chi connectivity index (χ4v) is 1.72. The van der Waals surface area contributed by atoms with E-state index in [1.54, 1.807) is 31.2 Å². The van der Waals surface area contributed by atoms with E-state index >= 15 is 0 Å². The Balaban J connectivity index is 2.77. The average Bonchev–Trinajstić information content (AvgIpc) is 2.45. The molecular formula is C14H19N3O2S. The van der Waals surface area contributed by atoms with E-state index in [1.165, 1.54) is 0 Å². The van der Waals surface area contributed by atoms with Crippen LogP contribution in [0.2, 0.25) is 0 Å². The molecule has 2 amide bonds. The topological polar surface area (TPSA) is 70.2 Å². The number of para-hydroxylation sites is 1. The van der Waals surface area contributed by atoms with Crippen LogP contribution in [-0.2, 0) is 4.79 Å². The minimum atomic E-state index is -0.171. The Bertz CT molecular complexity index is 503. The molecule has 1 aromatic rings. The van der Waals surface area contributed by atoms with Crippen molar-refractivity contribution in [2.45, 2.75) is 26.7 Å². The van der Waals surface area contributed by atoms with E-state index < -0.39 is 0 Å². The molecule has 0 aliphatic rings. The molecular weight excluding hydrogens is 274 g/mol. The molecule has 108 valence electrons. The molecule has 0 bridgehead atoms. The SMILES string of the molecule is CCCNC(=O)c1ccccc1NC(=S)NC(=O)CC. The van der Waals surface area contributed by atoms with Crippen molar-refractivity contribution >= 4 is 34.8 Å². The van der Waals surface area contributed by atoms with Crippen LogP contribution in [0.25, 0.3) is 0 Å². The number of nitrogens with one attached hydrogen (secondary N) is 3. The molecule has 1 rings (SSSR count). The number of amides is 2. The summed E-state index contributed by atoms with van der Waals surface area (Å²) in [6, 6.07) is 7.02. The number of thiocarbonyl (C=S) groups is 1. The first kappa shape index (κ1) is 16.1. The first-order chi connectivity index (χ1) is 9.58. The molecule has 0 spiro atoms. The summed E-state index contributed by atoms with van der Waals surface area (Å²) in [6.45, 7) is 4.34. The molecule has 0 saturated carbocycles. The Labute approximate surface area is 124 Å². The maximum atomic E-state index is 12.0. The van der Waals surface area contributed by atoms with Crippen LogP contribution < -0.4 is 16.0 Å². The number of anilines is 1. The lowest BCUT2D eigenvalue weighted by molar-refractivity contribution is -0.119. The number of carbonyl (C=O) groups is 2. The monoisotopic (exact) mass is 293 g/mol. The zero-order chi connectivity index (χ0) is 15.0. The second kappa shape index (κ2) is 8.27. The van der Waals surface area contributed by atoms with Gasteiger partial charge < -0.3 is 16.0 Å².